The summed E-state index contributed by atoms with van der Waals surface area (Å²) in [7, 11) is 0. The molecule has 2 unspecified atom stereocenters. The van der Waals surface area contributed by atoms with Crippen LogP contribution in [0.5, 0.6) is 0 Å². The Morgan fingerprint density at radius 3 is 2.81 bits per heavy atom. The minimum absolute atomic E-state index is 0.153. The van der Waals surface area contributed by atoms with Crippen molar-refractivity contribution < 1.29 is 5.11 Å². The summed E-state index contributed by atoms with van der Waals surface area (Å²) in [6, 6.07) is 6.60. The van der Waals surface area contributed by atoms with E-state index in [0.29, 0.717) is 11.8 Å². The lowest BCUT2D eigenvalue weighted by Gasteiger charge is -2.36. The monoisotopic (exact) mass is 354 g/mol. The van der Waals surface area contributed by atoms with Crippen molar-refractivity contribution in [3.63, 3.8) is 0 Å². The molecule has 2 atom stereocenters. The number of nitrogens with zero attached hydrogens (tertiary/aromatic N) is 1. The van der Waals surface area contributed by atoms with Crippen LogP contribution < -0.4 is 10.2 Å². The Bertz CT molecular complexity index is 464. The summed E-state index contributed by atoms with van der Waals surface area (Å²) < 4.78 is 1.15. The third kappa shape index (κ3) is 4.70. The van der Waals surface area contributed by atoms with E-state index in [1.54, 1.807) is 0 Å². The maximum absolute atomic E-state index is 9.85. The number of rotatable bonds is 5. The first kappa shape index (κ1) is 16.8. The molecule has 0 radical (unpaired) electrons. The van der Waals surface area contributed by atoms with Gasteiger partial charge < -0.3 is 15.3 Å². The van der Waals surface area contributed by atoms with Crippen LogP contribution in [0.4, 0.5) is 5.69 Å². The van der Waals surface area contributed by atoms with Gasteiger partial charge in [0.15, 0.2) is 0 Å². The molecule has 1 saturated heterocycles. The van der Waals surface area contributed by atoms with Gasteiger partial charge in [0.2, 0.25) is 0 Å². The molecule has 0 saturated carbocycles. The fourth-order valence-corrected chi connectivity index (χ4v) is 3.45. The third-order valence-corrected chi connectivity index (χ3v) is 4.73. The van der Waals surface area contributed by atoms with Gasteiger partial charge in [0.05, 0.1) is 11.8 Å². The first-order valence-corrected chi connectivity index (χ1v) is 8.69. The SMILES string of the molecule is CC(C)CNCc1ccc(N2CCC(O)C(C)C2)c(Br)c1. The van der Waals surface area contributed by atoms with Gasteiger partial charge in [-0.25, -0.2) is 0 Å². The highest BCUT2D eigenvalue weighted by Gasteiger charge is 2.25. The molecule has 2 N–H and O–H groups in total. The maximum atomic E-state index is 9.85. The maximum Gasteiger partial charge on any atom is 0.0599 e. The van der Waals surface area contributed by atoms with Crippen molar-refractivity contribution in [1.29, 1.82) is 0 Å². The quantitative estimate of drug-likeness (QED) is 0.850. The van der Waals surface area contributed by atoms with Crippen molar-refractivity contribution >= 4 is 21.6 Å². The zero-order valence-electron chi connectivity index (χ0n) is 13.3. The summed E-state index contributed by atoms with van der Waals surface area (Å²) in [6.45, 7) is 10.4. The average molecular weight is 355 g/mol. The van der Waals surface area contributed by atoms with E-state index < -0.39 is 0 Å². The molecule has 0 aliphatic carbocycles. The van der Waals surface area contributed by atoms with Crippen molar-refractivity contribution in [3.8, 4) is 0 Å². The fourth-order valence-electron chi connectivity index (χ4n) is 2.77. The molecule has 21 heavy (non-hydrogen) atoms. The molecule has 0 aromatic heterocycles. The molecule has 3 nitrogen and oxygen atoms in total. The Morgan fingerprint density at radius 2 is 2.19 bits per heavy atom. The zero-order chi connectivity index (χ0) is 15.4. The summed E-state index contributed by atoms with van der Waals surface area (Å²) in [5, 5.41) is 13.3. The van der Waals surface area contributed by atoms with E-state index in [1.807, 2.05) is 0 Å². The van der Waals surface area contributed by atoms with Crippen LogP contribution in [-0.4, -0.2) is 30.8 Å². The summed E-state index contributed by atoms with van der Waals surface area (Å²) in [5.74, 6) is 1.01. The Labute approximate surface area is 136 Å². The van der Waals surface area contributed by atoms with E-state index in [9.17, 15) is 5.11 Å². The lowest BCUT2D eigenvalue weighted by Crippen LogP contribution is -2.42. The van der Waals surface area contributed by atoms with Gasteiger partial charge in [-0.05, 0) is 58.4 Å². The first-order valence-electron chi connectivity index (χ1n) is 7.89. The second kappa shape index (κ2) is 7.61. The number of hydrogen-bond acceptors (Lipinski definition) is 3. The minimum atomic E-state index is -0.153. The largest absolute Gasteiger partial charge is 0.393 e. The van der Waals surface area contributed by atoms with Crippen molar-refractivity contribution in [1.82, 2.24) is 5.32 Å². The molecule has 4 heteroatoms. The zero-order valence-corrected chi connectivity index (χ0v) is 14.9. The summed E-state index contributed by atoms with van der Waals surface area (Å²) >= 11 is 3.71. The van der Waals surface area contributed by atoms with Crippen molar-refractivity contribution in [3.05, 3.63) is 28.2 Å². The van der Waals surface area contributed by atoms with Gasteiger partial charge in [0.25, 0.3) is 0 Å². The number of hydrogen-bond donors (Lipinski definition) is 2. The summed E-state index contributed by atoms with van der Waals surface area (Å²) in [4.78, 5) is 2.37. The molecule has 1 fully saturated rings. The number of anilines is 1. The molecule has 0 bridgehead atoms. The van der Waals surface area contributed by atoms with E-state index in [2.05, 4.69) is 65.1 Å². The van der Waals surface area contributed by atoms with Crippen LogP contribution in [0.1, 0.15) is 32.8 Å². The number of aliphatic hydroxyl groups is 1. The minimum Gasteiger partial charge on any atom is -0.393 e. The molecule has 1 aromatic rings. The highest BCUT2D eigenvalue weighted by Crippen LogP contribution is 2.31. The summed E-state index contributed by atoms with van der Waals surface area (Å²) in [6.07, 6.45) is 0.699. The lowest BCUT2D eigenvalue weighted by atomic mass is 9.96. The lowest BCUT2D eigenvalue weighted by molar-refractivity contribution is 0.0970. The van der Waals surface area contributed by atoms with Gasteiger partial charge in [-0.3, -0.25) is 0 Å². The molecule has 118 valence electrons. The van der Waals surface area contributed by atoms with E-state index in [-0.39, 0.29) is 6.10 Å². The van der Waals surface area contributed by atoms with Crippen LogP contribution in [0, 0.1) is 11.8 Å². The van der Waals surface area contributed by atoms with Gasteiger partial charge in [-0.1, -0.05) is 26.8 Å². The van der Waals surface area contributed by atoms with E-state index in [0.717, 1.165) is 37.1 Å². The Kier molecular flexibility index (Phi) is 6.08. The number of nitrogens with one attached hydrogen (secondary N) is 1. The van der Waals surface area contributed by atoms with Gasteiger partial charge in [-0.15, -0.1) is 0 Å². The van der Waals surface area contributed by atoms with E-state index in [1.165, 1.54) is 11.3 Å². The van der Waals surface area contributed by atoms with E-state index >= 15 is 0 Å². The Hall–Kier alpha value is -0.580. The number of halogens is 1. The molecule has 0 spiro atoms. The Balaban J connectivity index is 1.99. The molecule has 1 heterocycles. The normalized spacial score (nSPS) is 22.9. The van der Waals surface area contributed by atoms with Crippen molar-refractivity contribution in [2.24, 2.45) is 11.8 Å². The molecule has 1 aliphatic heterocycles. The second-order valence-corrected chi connectivity index (χ2v) is 7.44. The smallest absolute Gasteiger partial charge is 0.0599 e. The van der Waals surface area contributed by atoms with Crippen LogP contribution >= 0.6 is 15.9 Å². The number of piperidine rings is 1. The fraction of sp³-hybridized carbons (Fsp3) is 0.647. The van der Waals surface area contributed by atoms with Crippen LogP contribution in [-0.2, 0) is 6.54 Å². The highest BCUT2D eigenvalue weighted by atomic mass is 79.9. The number of aliphatic hydroxyl groups excluding tert-OH is 1. The third-order valence-electron chi connectivity index (χ3n) is 4.09. The molecular formula is C17H27BrN2O. The van der Waals surface area contributed by atoms with E-state index in [4.69, 9.17) is 0 Å². The Morgan fingerprint density at radius 1 is 1.43 bits per heavy atom. The second-order valence-electron chi connectivity index (χ2n) is 6.59. The molecule has 0 amide bonds. The predicted octanol–water partition coefficient (Wildman–Crippen LogP) is 3.40. The van der Waals surface area contributed by atoms with Gasteiger partial charge >= 0.3 is 0 Å². The number of benzene rings is 1. The topological polar surface area (TPSA) is 35.5 Å². The molecule has 2 rings (SSSR count). The van der Waals surface area contributed by atoms with Crippen molar-refractivity contribution in [2.45, 2.75) is 39.8 Å². The van der Waals surface area contributed by atoms with Gasteiger partial charge in [0.1, 0.15) is 0 Å². The molecule has 1 aromatic carbocycles. The van der Waals surface area contributed by atoms with Gasteiger partial charge in [0, 0.05) is 24.1 Å². The van der Waals surface area contributed by atoms with Crippen LogP contribution in [0.15, 0.2) is 22.7 Å². The standard InChI is InChI=1S/C17H27BrN2O/c1-12(2)9-19-10-14-4-5-16(15(18)8-14)20-7-6-17(21)13(3)11-20/h4-5,8,12-13,17,19,21H,6-7,9-11H2,1-3H3. The first-order chi connectivity index (χ1) is 9.97. The predicted molar refractivity (Wildman–Crippen MR) is 92.7 cm³/mol. The van der Waals surface area contributed by atoms with Crippen molar-refractivity contribution in [2.75, 3.05) is 24.5 Å². The highest BCUT2D eigenvalue weighted by molar-refractivity contribution is 9.10. The van der Waals surface area contributed by atoms with Gasteiger partial charge in [-0.2, -0.15) is 0 Å². The van der Waals surface area contributed by atoms with Crippen LogP contribution in [0.25, 0.3) is 0 Å². The average Bonchev–Trinajstić information content (AvgIpc) is 2.42. The molecular weight excluding hydrogens is 328 g/mol. The van der Waals surface area contributed by atoms with Crippen LogP contribution in [0.3, 0.4) is 0 Å². The summed E-state index contributed by atoms with van der Waals surface area (Å²) in [5.41, 5.74) is 2.54. The van der Waals surface area contributed by atoms with Crippen LogP contribution in [0.2, 0.25) is 0 Å². The molecule has 1 aliphatic rings.